The Balaban J connectivity index is 1.54. The van der Waals surface area contributed by atoms with Gasteiger partial charge in [0.05, 0.1) is 10.6 Å². The number of benzene rings is 1. The van der Waals surface area contributed by atoms with Crippen LogP contribution in [-0.2, 0) is 4.79 Å². The van der Waals surface area contributed by atoms with E-state index in [0.717, 1.165) is 0 Å². The maximum atomic E-state index is 14.1. The number of pyridine rings is 1. The molecule has 11 heteroatoms. The SMILES string of the molecule is CC(C)(C)C(=O)Nc1ccc2c(c1)=NC(c1nnc3ccc([C@@H](N4CC[C@H](N)C4)C(F)(F)F)cn13)=C=C=2. The third-order valence-corrected chi connectivity index (χ3v) is 6.37. The Morgan fingerprint density at radius 2 is 1.95 bits per heavy atom. The first-order valence-electron chi connectivity index (χ1n) is 11.9. The summed E-state index contributed by atoms with van der Waals surface area (Å²) < 4.78 is 43.9. The van der Waals surface area contributed by atoms with Gasteiger partial charge in [0.15, 0.2) is 17.2 Å². The van der Waals surface area contributed by atoms with Crippen LogP contribution in [0.2, 0.25) is 0 Å². The van der Waals surface area contributed by atoms with Gasteiger partial charge in [0.25, 0.3) is 0 Å². The number of nitrogens with two attached hydrogens (primary N) is 1. The summed E-state index contributed by atoms with van der Waals surface area (Å²) >= 11 is 0. The van der Waals surface area contributed by atoms with E-state index in [4.69, 9.17) is 5.73 Å². The van der Waals surface area contributed by atoms with Crippen molar-refractivity contribution >= 4 is 28.7 Å². The highest BCUT2D eigenvalue weighted by Crippen LogP contribution is 2.39. The minimum atomic E-state index is -4.49. The van der Waals surface area contributed by atoms with E-state index in [9.17, 15) is 18.0 Å². The van der Waals surface area contributed by atoms with Gasteiger partial charge in [-0.25, -0.2) is 4.99 Å². The van der Waals surface area contributed by atoms with Crippen molar-refractivity contribution in [3.8, 4) is 0 Å². The van der Waals surface area contributed by atoms with E-state index in [-0.39, 0.29) is 42.1 Å². The number of carbonyl (C=O) groups excluding carboxylic acids is 1. The summed E-state index contributed by atoms with van der Waals surface area (Å²) in [5.41, 5.74) is 12.5. The zero-order chi connectivity index (χ0) is 26.5. The lowest BCUT2D eigenvalue weighted by atomic mass is 9.95. The van der Waals surface area contributed by atoms with Crippen LogP contribution in [-0.4, -0.2) is 50.7 Å². The molecule has 37 heavy (non-hydrogen) atoms. The van der Waals surface area contributed by atoms with Crippen LogP contribution in [0.15, 0.2) is 47.3 Å². The molecule has 0 unspecified atom stereocenters. The molecule has 2 aromatic heterocycles. The average Bonchev–Trinajstić information content (AvgIpc) is 3.43. The topological polar surface area (TPSA) is 101 Å². The number of alkyl halides is 3. The summed E-state index contributed by atoms with van der Waals surface area (Å²) in [6, 6.07) is 6.05. The molecule has 1 saturated heterocycles. The summed E-state index contributed by atoms with van der Waals surface area (Å²) in [5, 5.41) is 12.3. The Hall–Kier alpha value is -3.75. The fraction of sp³-hybridized carbons (Fsp3) is 0.385. The lowest BCUT2D eigenvalue weighted by molar-refractivity contribution is -0.183. The molecule has 192 valence electrons. The first-order chi connectivity index (χ1) is 17.4. The van der Waals surface area contributed by atoms with Gasteiger partial charge in [-0.05, 0) is 42.0 Å². The number of carbonyl (C=O) groups is 1. The van der Waals surface area contributed by atoms with Gasteiger partial charge in [0.1, 0.15) is 6.04 Å². The molecule has 0 bridgehead atoms. The molecule has 0 aliphatic carbocycles. The van der Waals surface area contributed by atoms with Crippen LogP contribution in [0, 0.1) is 5.41 Å². The second kappa shape index (κ2) is 8.97. The van der Waals surface area contributed by atoms with Crippen molar-refractivity contribution in [2.75, 3.05) is 18.4 Å². The summed E-state index contributed by atoms with van der Waals surface area (Å²) in [7, 11) is 0. The molecule has 3 N–H and O–H groups in total. The zero-order valence-corrected chi connectivity index (χ0v) is 20.6. The number of likely N-dealkylation sites (tertiary alicyclic amines) is 1. The molecule has 2 atom stereocenters. The second-order valence-corrected chi connectivity index (χ2v) is 10.3. The van der Waals surface area contributed by atoms with Gasteiger partial charge in [-0.15, -0.1) is 10.2 Å². The number of amides is 1. The molecule has 1 fully saturated rings. The van der Waals surface area contributed by atoms with E-state index in [2.05, 4.69) is 32.0 Å². The number of aromatic nitrogens is 3. The minimum Gasteiger partial charge on any atom is -0.326 e. The maximum absolute atomic E-state index is 14.1. The first kappa shape index (κ1) is 24.9. The highest BCUT2D eigenvalue weighted by Gasteiger charge is 2.46. The zero-order valence-electron chi connectivity index (χ0n) is 20.6. The summed E-state index contributed by atoms with van der Waals surface area (Å²) in [6.07, 6.45) is -2.58. The smallest absolute Gasteiger partial charge is 0.326 e. The van der Waals surface area contributed by atoms with E-state index >= 15 is 0 Å². The number of anilines is 1. The highest BCUT2D eigenvalue weighted by molar-refractivity contribution is 5.94. The normalized spacial score (nSPS) is 18.7. The number of rotatable bonds is 4. The second-order valence-electron chi connectivity index (χ2n) is 10.3. The molecule has 1 aromatic carbocycles. The lowest BCUT2D eigenvalue weighted by Gasteiger charge is -2.30. The Bertz CT molecular complexity index is 1590. The number of nitrogens with zero attached hydrogens (tertiary/aromatic N) is 5. The number of hydrogen-bond donors (Lipinski definition) is 2. The Labute approximate surface area is 210 Å². The lowest BCUT2D eigenvalue weighted by Crippen LogP contribution is -2.38. The fourth-order valence-electron chi connectivity index (χ4n) is 4.39. The monoisotopic (exact) mass is 509 g/mol. The molecule has 8 nitrogen and oxygen atoms in total. The van der Waals surface area contributed by atoms with Crippen molar-refractivity contribution in [2.45, 2.75) is 45.5 Å². The molecule has 3 aromatic rings. The van der Waals surface area contributed by atoms with Crippen molar-refractivity contribution in [2.24, 2.45) is 16.1 Å². The van der Waals surface area contributed by atoms with Gasteiger partial charge >= 0.3 is 6.18 Å². The third kappa shape index (κ3) is 4.95. The van der Waals surface area contributed by atoms with Crippen LogP contribution >= 0.6 is 0 Å². The van der Waals surface area contributed by atoms with E-state index in [1.807, 2.05) is 20.8 Å². The Morgan fingerprint density at radius 1 is 1.16 bits per heavy atom. The third-order valence-electron chi connectivity index (χ3n) is 6.37. The molecular formula is C26H26F3N7O. The van der Waals surface area contributed by atoms with Crippen molar-refractivity contribution < 1.29 is 18.0 Å². The van der Waals surface area contributed by atoms with Crippen LogP contribution in [0.25, 0.3) is 17.1 Å². The summed E-state index contributed by atoms with van der Waals surface area (Å²) in [6.45, 7) is 5.87. The molecular weight excluding hydrogens is 483 g/mol. The number of nitrogens with one attached hydrogen (secondary N) is 1. The van der Waals surface area contributed by atoms with Crippen molar-refractivity contribution in [1.29, 1.82) is 0 Å². The van der Waals surface area contributed by atoms with Crippen LogP contribution in [0.5, 0.6) is 0 Å². The van der Waals surface area contributed by atoms with Gasteiger partial charge < -0.3 is 11.1 Å². The van der Waals surface area contributed by atoms with Crippen LogP contribution in [0.1, 0.15) is 44.6 Å². The highest BCUT2D eigenvalue weighted by atomic mass is 19.4. The van der Waals surface area contributed by atoms with E-state index in [0.29, 0.717) is 28.3 Å². The van der Waals surface area contributed by atoms with Crippen molar-refractivity contribution in [3.05, 3.63) is 64.2 Å². The fourth-order valence-corrected chi connectivity index (χ4v) is 4.39. The van der Waals surface area contributed by atoms with Crippen molar-refractivity contribution in [3.63, 3.8) is 0 Å². The van der Waals surface area contributed by atoms with E-state index < -0.39 is 17.6 Å². The van der Waals surface area contributed by atoms with Gasteiger partial charge in [-0.1, -0.05) is 32.6 Å². The minimum absolute atomic E-state index is 0.0621. The number of fused-ring (bicyclic) bond motifs is 2. The predicted molar refractivity (Wildman–Crippen MR) is 132 cm³/mol. The standard InChI is InChI=1S/C26H26F3N7O/c1-25(2,3)24(37)31-18-7-4-15-5-8-19(32-20(15)12-18)23-34-33-21-9-6-16(13-36(21)23)22(26(27,28)29)35-11-10-17(30)14-35/h4,6-7,9,12-13,17,22H,10-11,14,30H2,1-3H3,(H,31,37)/t17-,22+/m0/s1. The van der Waals surface area contributed by atoms with Gasteiger partial charge in [-0.2, -0.15) is 13.2 Å². The molecule has 1 amide bonds. The molecule has 4 heterocycles. The van der Waals surface area contributed by atoms with E-state index in [1.54, 1.807) is 18.2 Å². The number of halogens is 3. The molecule has 2 aliphatic rings. The molecule has 0 radical (unpaired) electrons. The van der Waals surface area contributed by atoms with Crippen LogP contribution in [0.3, 0.4) is 0 Å². The van der Waals surface area contributed by atoms with Gasteiger partial charge in [-0.3, -0.25) is 14.1 Å². The molecule has 2 aliphatic heterocycles. The number of hydrogen-bond acceptors (Lipinski definition) is 6. The van der Waals surface area contributed by atoms with Gasteiger partial charge in [0, 0.05) is 36.4 Å². The van der Waals surface area contributed by atoms with Crippen LogP contribution in [0.4, 0.5) is 18.9 Å². The Morgan fingerprint density at radius 3 is 2.62 bits per heavy atom. The quantitative estimate of drug-likeness (QED) is 0.527. The molecule has 0 spiro atoms. The molecule has 5 rings (SSSR count). The molecule has 0 saturated carbocycles. The van der Waals surface area contributed by atoms with E-state index in [1.165, 1.54) is 27.6 Å². The largest absolute Gasteiger partial charge is 0.408 e. The predicted octanol–water partition coefficient (Wildman–Crippen LogP) is 2.56. The summed E-state index contributed by atoms with van der Waals surface area (Å²) in [4.78, 5) is 18.3. The van der Waals surface area contributed by atoms with Crippen molar-refractivity contribution in [1.82, 2.24) is 19.5 Å². The average molecular weight is 510 g/mol. The van der Waals surface area contributed by atoms with Crippen LogP contribution < -0.4 is 21.6 Å². The Kier molecular flexibility index (Phi) is 6.04. The first-order valence-corrected chi connectivity index (χ1v) is 11.9. The van der Waals surface area contributed by atoms with Gasteiger partial charge in [0.2, 0.25) is 5.91 Å². The maximum Gasteiger partial charge on any atom is 0.408 e. The summed E-state index contributed by atoms with van der Waals surface area (Å²) in [5.74, 6) is 0.0888.